The van der Waals surface area contributed by atoms with E-state index in [0.717, 1.165) is 0 Å². The molecule has 3 heteroatoms. The van der Waals surface area contributed by atoms with E-state index >= 15 is 0 Å². The molecule has 0 unspecified atom stereocenters. The van der Waals surface area contributed by atoms with Crippen molar-refractivity contribution in [3.63, 3.8) is 0 Å². The monoisotopic (exact) mass is 522 g/mol. The van der Waals surface area contributed by atoms with Gasteiger partial charge in [0, 0.05) is 32.5 Å². The number of rotatable bonds is 0. The molecule has 32 heavy (non-hydrogen) atoms. The molecule has 152 valence electrons. The van der Waals surface area contributed by atoms with E-state index in [0.29, 0.717) is 0 Å². The predicted molar refractivity (Wildman–Crippen MR) is 144 cm³/mol. The lowest BCUT2D eigenvalue weighted by Gasteiger charge is -2.21. The lowest BCUT2D eigenvalue weighted by molar-refractivity contribution is 0.666. The third kappa shape index (κ3) is 1.75. The smallest absolute Gasteiger partial charge is 0.0646 e. The van der Waals surface area contributed by atoms with Crippen molar-refractivity contribution in [2.24, 2.45) is 0 Å². The van der Waals surface area contributed by atoms with E-state index < -0.39 is 0 Å². The van der Waals surface area contributed by atoms with E-state index in [4.69, 9.17) is 0 Å². The van der Waals surface area contributed by atoms with Gasteiger partial charge in [0.2, 0.25) is 0 Å². The molecule has 3 aromatic heterocycles. The standard InChI is InChI=1S/C29H19IN2/c1-29(2)20-11-5-3-9-18(20)28-26(29)19-14-15-23-25-24-17(10-7-13-22(24)32(23)30)16-8-4-6-12-21(16)31(28)27(19)25/h3-15H,1-2H3. The highest BCUT2D eigenvalue weighted by atomic mass is 127. The van der Waals surface area contributed by atoms with Crippen LogP contribution in [0.4, 0.5) is 0 Å². The van der Waals surface area contributed by atoms with Gasteiger partial charge in [-0.1, -0.05) is 74.5 Å². The summed E-state index contributed by atoms with van der Waals surface area (Å²) in [5, 5.41) is 6.76. The molecular formula is C29H19IN2. The fourth-order valence-electron chi connectivity index (χ4n) is 6.49. The molecule has 1 aliphatic rings. The molecule has 1 aliphatic carbocycles. The van der Waals surface area contributed by atoms with Crippen molar-refractivity contribution in [2.75, 3.05) is 0 Å². The molecule has 0 radical (unpaired) electrons. The Kier molecular flexibility index (Phi) is 2.99. The highest BCUT2D eigenvalue weighted by Gasteiger charge is 2.40. The van der Waals surface area contributed by atoms with E-state index in [1.54, 1.807) is 0 Å². The van der Waals surface area contributed by atoms with Crippen molar-refractivity contribution < 1.29 is 0 Å². The number of para-hydroxylation sites is 1. The Balaban J connectivity index is 1.84. The Bertz CT molecular complexity index is 1920. The summed E-state index contributed by atoms with van der Waals surface area (Å²) < 4.78 is 4.91. The molecule has 0 saturated heterocycles. The number of benzene rings is 4. The average Bonchev–Trinajstić information content (AvgIpc) is 3.36. The van der Waals surface area contributed by atoms with E-state index in [1.165, 1.54) is 71.4 Å². The molecule has 0 fully saturated rings. The third-order valence-electron chi connectivity index (χ3n) is 7.74. The molecule has 4 aromatic carbocycles. The van der Waals surface area contributed by atoms with Crippen molar-refractivity contribution in [1.82, 2.24) is 7.18 Å². The normalized spacial score (nSPS) is 15.0. The molecule has 0 spiro atoms. The fraction of sp³-hybridized carbons (Fsp3) is 0.103. The minimum Gasteiger partial charge on any atom is -0.308 e. The Morgan fingerprint density at radius 3 is 2.28 bits per heavy atom. The molecule has 0 atom stereocenters. The SMILES string of the molecule is CC1(C)c2ccccc2-c2c1c1ccc3c4c5c(cccc5n3I)c3ccccc3n2c14. The minimum absolute atomic E-state index is 0.0389. The lowest BCUT2D eigenvalue weighted by Crippen LogP contribution is -2.14. The van der Waals surface area contributed by atoms with Crippen LogP contribution >= 0.6 is 22.9 Å². The van der Waals surface area contributed by atoms with Crippen LogP contribution in [-0.2, 0) is 5.41 Å². The average molecular weight is 522 g/mol. The summed E-state index contributed by atoms with van der Waals surface area (Å²) in [6.45, 7) is 4.77. The van der Waals surface area contributed by atoms with Crippen LogP contribution in [0.2, 0.25) is 0 Å². The first-order valence-electron chi connectivity index (χ1n) is 11.1. The summed E-state index contributed by atoms with van der Waals surface area (Å²) in [5.74, 6) is 0. The highest BCUT2D eigenvalue weighted by molar-refractivity contribution is 14.1. The van der Waals surface area contributed by atoms with Crippen LogP contribution in [0.25, 0.3) is 60.3 Å². The molecule has 3 heterocycles. The van der Waals surface area contributed by atoms with Crippen LogP contribution in [0.3, 0.4) is 0 Å². The summed E-state index contributed by atoms with van der Waals surface area (Å²) >= 11 is 2.47. The van der Waals surface area contributed by atoms with Crippen LogP contribution < -0.4 is 0 Å². The van der Waals surface area contributed by atoms with Gasteiger partial charge >= 0.3 is 0 Å². The Morgan fingerprint density at radius 1 is 0.656 bits per heavy atom. The van der Waals surface area contributed by atoms with Crippen LogP contribution in [0.1, 0.15) is 25.0 Å². The summed E-state index contributed by atoms with van der Waals surface area (Å²) in [6.07, 6.45) is 0. The number of hydrogen-bond acceptors (Lipinski definition) is 0. The Labute approximate surface area is 198 Å². The lowest BCUT2D eigenvalue weighted by atomic mass is 9.81. The second-order valence-electron chi connectivity index (χ2n) is 9.58. The Hall–Kier alpha value is -3.05. The second kappa shape index (κ2) is 5.46. The van der Waals surface area contributed by atoms with E-state index in [2.05, 4.69) is 123 Å². The molecule has 0 amide bonds. The topological polar surface area (TPSA) is 9.34 Å². The Morgan fingerprint density at radius 2 is 1.38 bits per heavy atom. The van der Waals surface area contributed by atoms with Crippen molar-refractivity contribution in [3.05, 3.63) is 90.0 Å². The fourth-order valence-corrected chi connectivity index (χ4v) is 7.29. The van der Waals surface area contributed by atoms with E-state index in [1.807, 2.05) is 0 Å². The van der Waals surface area contributed by atoms with Gasteiger partial charge < -0.3 is 4.40 Å². The van der Waals surface area contributed by atoms with Gasteiger partial charge in [-0.3, -0.25) is 2.78 Å². The quantitative estimate of drug-likeness (QED) is 0.177. The van der Waals surface area contributed by atoms with Gasteiger partial charge in [0.1, 0.15) is 0 Å². The van der Waals surface area contributed by atoms with Crippen molar-refractivity contribution in [3.8, 4) is 11.3 Å². The first-order chi connectivity index (χ1) is 15.6. The zero-order valence-electron chi connectivity index (χ0n) is 17.8. The van der Waals surface area contributed by atoms with Crippen LogP contribution in [-0.4, -0.2) is 7.18 Å². The van der Waals surface area contributed by atoms with Gasteiger partial charge in [-0.2, -0.15) is 0 Å². The molecule has 2 nitrogen and oxygen atoms in total. The zero-order chi connectivity index (χ0) is 21.4. The van der Waals surface area contributed by atoms with Crippen molar-refractivity contribution in [1.29, 1.82) is 0 Å². The van der Waals surface area contributed by atoms with Gasteiger partial charge in [0.05, 0.1) is 50.6 Å². The van der Waals surface area contributed by atoms with E-state index in [-0.39, 0.29) is 5.41 Å². The molecule has 0 N–H and O–H groups in total. The summed E-state index contributed by atoms with van der Waals surface area (Å²) in [4.78, 5) is 0. The summed E-state index contributed by atoms with van der Waals surface area (Å²) in [5.41, 5.74) is 10.8. The molecule has 0 bridgehead atoms. The third-order valence-corrected chi connectivity index (χ3v) is 8.78. The minimum atomic E-state index is -0.0389. The zero-order valence-corrected chi connectivity index (χ0v) is 19.9. The van der Waals surface area contributed by atoms with Crippen LogP contribution in [0.15, 0.2) is 78.9 Å². The maximum Gasteiger partial charge on any atom is 0.0646 e. The largest absolute Gasteiger partial charge is 0.308 e. The molecule has 0 aliphatic heterocycles. The maximum absolute atomic E-state index is 2.58. The first kappa shape index (κ1) is 17.5. The molecule has 7 aromatic rings. The molecule has 0 saturated carbocycles. The maximum atomic E-state index is 2.58. The number of hydrogen-bond donors (Lipinski definition) is 0. The van der Waals surface area contributed by atoms with Gasteiger partial charge in [-0.05, 0) is 34.7 Å². The second-order valence-corrected chi connectivity index (χ2v) is 10.5. The van der Waals surface area contributed by atoms with Crippen LogP contribution in [0.5, 0.6) is 0 Å². The predicted octanol–water partition coefficient (Wildman–Crippen LogP) is 8.30. The van der Waals surface area contributed by atoms with Gasteiger partial charge in [0.25, 0.3) is 0 Å². The summed E-state index contributed by atoms with van der Waals surface area (Å²) in [6, 6.07) is 29.3. The first-order valence-corrected chi connectivity index (χ1v) is 12.1. The molecular weight excluding hydrogens is 503 g/mol. The van der Waals surface area contributed by atoms with Crippen molar-refractivity contribution >= 4 is 71.9 Å². The number of fused-ring (bicyclic) bond motifs is 8. The van der Waals surface area contributed by atoms with Gasteiger partial charge in [0.15, 0.2) is 0 Å². The van der Waals surface area contributed by atoms with Gasteiger partial charge in [-0.25, -0.2) is 0 Å². The van der Waals surface area contributed by atoms with Gasteiger partial charge in [-0.15, -0.1) is 0 Å². The number of halogens is 1. The number of nitrogens with zero attached hydrogens (tertiary/aromatic N) is 2. The molecule has 8 rings (SSSR count). The van der Waals surface area contributed by atoms with Crippen molar-refractivity contribution in [2.45, 2.75) is 19.3 Å². The summed E-state index contributed by atoms with van der Waals surface area (Å²) in [7, 11) is 0. The van der Waals surface area contributed by atoms with Crippen LogP contribution in [0, 0.1) is 0 Å². The number of aromatic nitrogens is 2. The van der Waals surface area contributed by atoms with E-state index in [9.17, 15) is 0 Å². The highest BCUT2D eigenvalue weighted by Crippen LogP contribution is 2.55.